The largest absolute Gasteiger partial charge is 0.381 e. The number of hydrogen-bond donors (Lipinski definition) is 2. The summed E-state index contributed by atoms with van der Waals surface area (Å²) in [5.41, 5.74) is 5.09. The van der Waals surface area contributed by atoms with Crippen molar-refractivity contribution < 1.29 is 13.7 Å². The highest BCUT2D eigenvalue weighted by Crippen LogP contribution is 2.31. The van der Waals surface area contributed by atoms with Crippen molar-refractivity contribution in [3.8, 4) is 0 Å². The van der Waals surface area contributed by atoms with Gasteiger partial charge in [0.25, 0.3) is 12.1 Å². The SMILES string of the molecule is CC(C)CC(CN)Nc1ccc([N+](=O)[O-])cc1C(F)F. The number of nitro benzene ring substituents is 1. The molecule has 0 amide bonds. The molecule has 0 radical (unpaired) electrons. The van der Waals surface area contributed by atoms with Crippen LogP contribution in [-0.2, 0) is 0 Å². The fourth-order valence-electron chi connectivity index (χ4n) is 1.98. The average molecular weight is 287 g/mol. The van der Waals surface area contributed by atoms with Crippen molar-refractivity contribution in [1.29, 1.82) is 0 Å². The molecule has 112 valence electrons. The van der Waals surface area contributed by atoms with Gasteiger partial charge in [0.1, 0.15) is 0 Å². The molecule has 1 aromatic carbocycles. The summed E-state index contributed by atoms with van der Waals surface area (Å²) in [6.07, 6.45) is -2.05. The van der Waals surface area contributed by atoms with Crippen molar-refractivity contribution in [2.24, 2.45) is 11.7 Å². The molecule has 1 aromatic rings. The molecule has 20 heavy (non-hydrogen) atoms. The van der Waals surface area contributed by atoms with Crippen LogP contribution in [0.15, 0.2) is 18.2 Å². The lowest BCUT2D eigenvalue weighted by molar-refractivity contribution is -0.385. The molecule has 5 nitrogen and oxygen atoms in total. The van der Waals surface area contributed by atoms with E-state index in [0.717, 1.165) is 12.5 Å². The molecule has 1 atom stereocenters. The second-order valence-corrected chi connectivity index (χ2v) is 5.04. The van der Waals surface area contributed by atoms with Gasteiger partial charge in [-0.05, 0) is 18.4 Å². The summed E-state index contributed by atoms with van der Waals surface area (Å²) in [6, 6.07) is 3.27. The maximum Gasteiger partial charge on any atom is 0.270 e. The highest BCUT2D eigenvalue weighted by atomic mass is 19.3. The van der Waals surface area contributed by atoms with Crippen LogP contribution in [-0.4, -0.2) is 17.5 Å². The maximum absolute atomic E-state index is 13.0. The van der Waals surface area contributed by atoms with E-state index in [1.165, 1.54) is 12.1 Å². The first-order valence-electron chi connectivity index (χ1n) is 6.38. The molecule has 0 bridgehead atoms. The number of halogens is 2. The van der Waals surface area contributed by atoms with Crippen LogP contribution in [0.1, 0.15) is 32.3 Å². The fourth-order valence-corrected chi connectivity index (χ4v) is 1.98. The Hall–Kier alpha value is -1.76. The number of rotatable bonds is 7. The zero-order valence-electron chi connectivity index (χ0n) is 11.5. The maximum atomic E-state index is 13.0. The summed E-state index contributed by atoms with van der Waals surface area (Å²) in [5.74, 6) is 0.365. The molecule has 0 aromatic heterocycles. The predicted octanol–water partition coefficient (Wildman–Crippen LogP) is 3.32. The van der Waals surface area contributed by atoms with Crippen LogP contribution in [0.25, 0.3) is 0 Å². The summed E-state index contributed by atoms with van der Waals surface area (Å²) in [6.45, 7) is 4.32. The standard InChI is InChI=1S/C13H19F2N3O2/c1-8(2)5-9(7-16)17-12-4-3-10(18(19)20)6-11(12)13(14)15/h3-4,6,8-9,13,17H,5,7,16H2,1-2H3. The normalized spacial score (nSPS) is 12.8. The van der Waals surface area contributed by atoms with Gasteiger partial charge in [-0.15, -0.1) is 0 Å². The van der Waals surface area contributed by atoms with E-state index in [2.05, 4.69) is 5.32 Å². The highest BCUT2D eigenvalue weighted by molar-refractivity contribution is 5.57. The van der Waals surface area contributed by atoms with Crippen LogP contribution in [0.4, 0.5) is 20.2 Å². The van der Waals surface area contributed by atoms with E-state index < -0.39 is 11.3 Å². The molecule has 0 heterocycles. The van der Waals surface area contributed by atoms with Crippen LogP contribution < -0.4 is 11.1 Å². The molecular weight excluding hydrogens is 268 g/mol. The molecule has 1 rings (SSSR count). The van der Waals surface area contributed by atoms with Gasteiger partial charge >= 0.3 is 0 Å². The lowest BCUT2D eigenvalue weighted by Gasteiger charge is -2.21. The lowest BCUT2D eigenvalue weighted by atomic mass is 10.0. The van der Waals surface area contributed by atoms with Crippen molar-refractivity contribution in [3.05, 3.63) is 33.9 Å². The van der Waals surface area contributed by atoms with Gasteiger partial charge in [0, 0.05) is 36.0 Å². The Bertz CT molecular complexity index is 467. The Labute approximate surface area is 116 Å². The Morgan fingerprint density at radius 3 is 2.50 bits per heavy atom. The van der Waals surface area contributed by atoms with Gasteiger partial charge in [0.2, 0.25) is 0 Å². The summed E-state index contributed by atoms with van der Waals surface area (Å²) in [7, 11) is 0. The number of benzene rings is 1. The number of nitrogens with one attached hydrogen (secondary N) is 1. The van der Waals surface area contributed by atoms with E-state index in [9.17, 15) is 18.9 Å². The smallest absolute Gasteiger partial charge is 0.270 e. The average Bonchev–Trinajstić information content (AvgIpc) is 2.37. The molecule has 1 unspecified atom stereocenters. The molecular formula is C13H19F2N3O2. The number of nitrogens with zero attached hydrogens (tertiary/aromatic N) is 1. The second-order valence-electron chi connectivity index (χ2n) is 5.04. The van der Waals surface area contributed by atoms with Crippen molar-refractivity contribution in [2.45, 2.75) is 32.7 Å². The van der Waals surface area contributed by atoms with Crippen LogP contribution in [0.3, 0.4) is 0 Å². The van der Waals surface area contributed by atoms with Crippen molar-refractivity contribution in [1.82, 2.24) is 0 Å². The molecule has 0 saturated carbocycles. The van der Waals surface area contributed by atoms with Gasteiger partial charge < -0.3 is 11.1 Å². The van der Waals surface area contributed by atoms with Gasteiger partial charge in [0.15, 0.2) is 0 Å². The first-order valence-corrected chi connectivity index (χ1v) is 6.38. The summed E-state index contributed by atoms with van der Waals surface area (Å²) in [4.78, 5) is 9.94. The van der Waals surface area contributed by atoms with Gasteiger partial charge in [-0.1, -0.05) is 13.8 Å². The Balaban J connectivity index is 3.01. The van der Waals surface area contributed by atoms with Crippen LogP contribution in [0.2, 0.25) is 0 Å². The van der Waals surface area contributed by atoms with Gasteiger partial charge in [-0.3, -0.25) is 10.1 Å². The second kappa shape index (κ2) is 7.14. The van der Waals surface area contributed by atoms with Crippen molar-refractivity contribution in [3.63, 3.8) is 0 Å². The minimum absolute atomic E-state index is 0.144. The highest BCUT2D eigenvalue weighted by Gasteiger charge is 2.19. The lowest BCUT2D eigenvalue weighted by Crippen LogP contribution is -2.30. The number of nitrogens with two attached hydrogens (primary N) is 1. The first kappa shape index (κ1) is 16.3. The van der Waals surface area contributed by atoms with E-state index in [1.807, 2.05) is 13.8 Å². The number of non-ortho nitro benzene ring substituents is 1. The number of nitro groups is 1. The van der Waals surface area contributed by atoms with Crippen molar-refractivity contribution >= 4 is 11.4 Å². The number of hydrogen-bond acceptors (Lipinski definition) is 4. The third-order valence-electron chi connectivity index (χ3n) is 2.88. The van der Waals surface area contributed by atoms with E-state index in [-0.39, 0.29) is 23.0 Å². The molecule has 0 aliphatic carbocycles. The van der Waals surface area contributed by atoms with E-state index in [1.54, 1.807) is 0 Å². The van der Waals surface area contributed by atoms with Gasteiger partial charge in [-0.25, -0.2) is 8.78 Å². The molecule has 0 spiro atoms. The van der Waals surface area contributed by atoms with Crippen molar-refractivity contribution in [2.75, 3.05) is 11.9 Å². The summed E-state index contributed by atoms with van der Waals surface area (Å²) < 4.78 is 26.0. The van der Waals surface area contributed by atoms with Crippen LogP contribution in [0.5, 0.6) is 0 Å². The first-order chi connectivity index (χ1) is 9.35. The molecule has 0 aliphatic rings. The Kier molecular flexibility index (Phi) is 5.82. The third-order valence-corrected chi connectivity index (χ3v) is 2.88. The molecule has 0 saturated heterocycles. The molecule has 0 fully saturated rings. The molecule has 0 aliphatic heterocycles. The number of anilines is 1. The zero-order chi connectivity index (χ0) is 15.3. The van der Waals surface area contributed by atoms with E-state index in [0.29, 0.717) is 12.5 Å². The molecule has 7 heteroatoms. The Morgan fingerprint density at radius 1 is 1.40 bits per heavy atom. The fraction of sp³-hybridized carbons (Fsp3) is 0.538. The number of alkyl halides is 2. The zero-order valence-corrected chi connectivity index (χ0v) is 11.5. The van der Waals surface area contributed by atoms with Crippen LogP contribution >= 0.6 is 0 Å². The predicted molar refractivity (Wildman–Crippen MR) is 74.0 cm³/mol. The van der Waals surface area contributed by atoms with Gasteiger partial charge in [-0.2, -0.15) is 0 Å². The quantitative estimate of drug-likeness (QED) is 0.595. The summed E-state index contributed by atoms with van der Waals surface area (Å²) in [5, 5.41) is 13.6. The monoisotopic (exact) mass is 287 g/mol. The Morgan fingerprint density at radius 2 is 2.05 bits per heavy atom. The van der Waals surface area contributed by atoms with Crippen LogP contribution in [0, 0.1) is 16.0 Å². The van der Waals surface area contributed by atoms with Gasteiger partial charge in [0.05, 0.1) is 4.92 Å². The summed E-state index contributed by atoms with van der Waals surface area (Å²) >= 11 is 0. The molecule has 3 N–H and O–H groups in total. The minimum atomic E-state index is -2.78. The topological polar surface area (TPSA) is 81.2 Å². The third kappa shape index (κ3) is 4.41. The van der Waals surface area contributed by atoms with E-state index in [4.69, 9.17) is 5.73 Å². The van der Waals surface area contributed by atoms with E-state index >= 15 is 0 Å². The minimum Gasteiger partial charge on any atom is -0.381 e.